The van der Waals surface area contributed by atoms with Gasteiger partial charge in [-0.25, -0.2) is 9.55 Å². The number of likely N-dealkylation sites (tertiary alicyclic amines) is 1. The van der Waals surface area contributed by atoms with E-state index in [9.17, 15) is 43.0 Å². The van der Waals surface area contributed by atoms with Gasteiger partial charge in [0, 0.05) is 43.8 Å². The van der Waals surface area contributed by atoms with E-state index in [0.717, 1.165) is 38.5 Å². The summed E-state index contributed by atoms with van der Waals surface area (Å²) in [6.45, 7) is 13.2. The predicted molar refractivity (Wildman–Crippen MR) is 297 cm³/mol. The summed E-state index contributed by atoms with van der Waals surface area (Å²) in [5.41, 5.74) is 12.5. The van der Waals surface area contributed by atoms with E-state index in [1.807, 2.05) is 52.8 Å². The summed E-state index contributed by atoms with van der Waals surface area (Å²) in [4.78, 5) is 112. The number of H-pyrrole nitrogens is 1. The fourth-order valence-electron chi connectivity index (χ4n) is 8.60. The van der Waals surface area contributed by atoms with E-state index < -0.39 is 85.3 Å². The second kappa shape index (κ2) is 34.9. The number of nitrogens with zero attached hydrogens (tertiary/aromatic N) is 2. The van der Waals surface area contributed by atoms with Gasteiger partial charge in [0.25, 0.3) is 0 Å². The van der Waals surface area contributed by atoms with Gasteiger partial charge in [-0.1, -0.05) is 69.9 Å². The number of aromatic nitrogens is 2. The molecule has 1 aliphatic rings. The maximum Gasteiger partial charge on any atom is 0.472 e. The van der Waals surface area contributed by atoms with E-state index in [-0.39, 0.29) is 62.1 Å². The molecule has 0 saturated carbocycles. The van der Waals surface area contributed by atoms with Gasteiger partial charge in [-0.3, -0.25) is 42.6 Å². The minimum atomic E-state index is -4.69. The molecular formula is C53H89N10O13PS. The van der Waals surface area contributed by atoms with Crippen molar-refractivity contribution in [2.75, 3.05) is 38.7 Å². The standard InChI is InChI=1S/C53H89N10O13PS/c1-35(2)30-42(61-52(70)44-21-17-26-63(44)45(64)23-28-73-36(3)22-29-74-53(6,7)24-25-57-49(67)41(54)33-78)51(69)60-43(31-40-32-56-34-58-40)50(68)59-37(4)48(66)62-46(47(55)65)38(5)76-77(71,72)75-27-16-11-9-8-10-13-18-39-19-14-12-15-20-39/h12,14-15,19-20,32,34-38,41-44,46,78H,8-11,13,16-18,21-31,33,54H2,1-7H3,(H2,55,65)(H,56,58)(H,57,67)(H,59,68)(H,60,69)(H,61,70)(H,62,66)(H,71,72)/t36?,37-,38+,41-,42-,43-,44-,46-/m0/s1. The summed E-state index contributed by atoms with van der Waals surface area (Å²) >= 11 is 4.05. The molecule has 11 N–H and O–H groups in total. The maximum atomic E-state index is 14.1. The molecular weight excluding hydrogens is 1050 g/mol. The molecule has 0 radical (unpaired) electrons. The number of unbranched alkanes of at least 4 members (excludes halogenated alkanes) is 5. The molecule has 2 unspecified atom stereocenters. The molecule has 440 valence electrons. The molecule has 1 aliphatic heterocycles. The van der Waals surface area contributed by atoms with Crippen molar-refractivity contribution in [3.63, 3.8) is 0 Å². The Kier molecular flexibility index (Phi) is 30.2. The molecule has 3 rings (SSSR count). The molecule has 0 bridgehead atoms. The lowest BCUT2D eigenvalue weighted by molar-refractivity contribution is -0.140. The third-order valence-corrected chi connectivity index (χ3v) is 14.7. The number of amides is 7. The van der Waals surface area contributed by atoms with Crippen LogP contribution in [0.4, 0.5) is 0 Å². The van der Waals surface area contributed by atoms with Crippen molar-refractivity contribution in [1.82, 2.24) is 41.5 Å². The van der Waals surface area contributed by atoms with Crippen LogP contribution in [0, 0.1) is 5.92 Å². The van der Waals surface area contributed by atoms with Gasteiger partial charge < -0.3 is 62.3 Å². The SMILES string of the molecule is CC(C)C[C@H](NC(=O)[C@@H]1CCCN1C(=O)CCOC(C)CCOC(C)(C)CCNC(=O)[C@@H](N)CS)C(=O)N[C@@H](Cc1cnc[nH]1)C(=O)N[C@@H](C)C(=O)N[C@H](C(N)=O)[C@@H](C)OP(=O)(O)OCCCCCCCCc1ccccc1. The Bertz CT molecular complexity index is 2210. The minimum absolute atomic E-state index is 0.0260. The number of carbonyl (C=O) groups is 7. The van der Waals surface area contributed by atoms with Crippen molar-refractivity contribution in [3.05, 3.63) is 54.1 Å². The van der Waals surface area contributed by atoms with Crippen LogP contribution in [-0.2, 0) is 69.5 Å². The largest absolute Gasteiger partial charge is 0.472 e. The lowest BCUT2D eigenvalue weighted by Gasteiger charge is -2.29. The van der Waals surface area contributed by atoms with Crippen molar-refractivity contribution in [2.24, 2.45) is 17.4 Å². The van der Waals surface area contributed by atoms with Crippen LogP contribution in [-0.4, -0.2) is 154 Å². The number of nitrogens with one attached hydrogen (secondary N) is 6. The Morgan fingerprint density at radius 2 is 1.56 bits per heavy atom. The zero-order valence-electron chi connectivity index (χ0n) is 46.7. The molecule has 0 spiro atoms. The first-order valence-electron chi connectivity index (χ1n) is 27.3. The normalized spacial score (nSPS) is 17.2. The van der Waals surface area contributed by atoms with Crippen LogP contribution in [0.5, 0.6) is 0 Å². The van der Waals surface area contributed by atoms with E-state index >= 15 is 0 Å². The highest BCUT2D eigenvalue weighted by molar-refractivity contribution is 7.80. The number of nitrogens with two attached hydrogens (primary N) is 2. The lowest BCUT2D eigenvalue weighted by atomic mass is 10.0. The second-order valence-corrected chi connectivity index (χ2v) is 22.8. The monoisotopic (exact) mass is 1140 g/mol. The van der Waals surface area contributed by atoms with Gasteiger partial charge in [-0.05, 0) is 97.5 Å². The van der Waals surface area contributed by atoms with E-state index in [2.05, 4.69) is 61.3 Å². The van der Waals surface area contributed by atoms with Gasteiger partial charge in [0.1, 0.15) is 30.2 Å². The first-order chi connectivity index (χ1) is 36.9. The quantitative estimate of drug-likeness (QED) is 0.0261. The number of aryl methyl sites for hydroxylation is 1. The molecule has 9 atom stereocenters. The minimum Gasteiger partial charge on any atom is -0.378 e. The summed E-state index contributed by atoms with van der Waals surface area (Å²) < 4.78 is 35.1. The first kappa shape index (κ1) is 67.3. The Hall–Kier alpha value is -4.94. The van der Waals surface area contributed by atoms with Crippen LogP contribution in [0.3, 0.4) is 0 Å². The average Bonchev–Trinajstić information content (AvgIpc) is 4.10. The van der Waals surface area contributed by atoms with E-state index in [0.29, 0.717) is 57.5 Å². The summed E-state index contributed by atoms with van der Waals surface area (Å²) in [6, 6.07) is 3.36. The summed E-state index contributed by atoms with van der Waals surface area (Å²) in [5, 5.41) is 13.2. The zero-order chi connectivity index (χ0) is 57.8. The van der Waals surface area contributed by atoms with Gasteiger partial charge in [0.15, 0.2) is 0 Å². The third kappa shape index (κ3) is 25.9. The number of imidazole rings is 1. The number of phosphoric acid groups is 1. The molecule has 1 aromatic heterocycles. The van der Waals surface area contributed by atoms with E-state index in [1.54, 1.807) is 0 Å². The molecule has 1 saturated heterocycles. The van der Waals surface area contributed by atoms with Gasteiger partial charge in [0.05, 0.1) is 49.8 Å². The Morgan fingerprint density at radius 3 is 2.22 bits per heavy atom. The Labute approximate surface area is 465 Å². The highest BCUT2D eigenvalue weighted by atomic mass is 32.1. The van der Waals surface area contributed by atoms with Gasteiger partial charge in [-0.15, -0.1) is 0 Å². The van der Waals surface area contributed by atoms with Crippen molar-refractivity contribution in [3.8, 4) is 0 Å². The Balaban J connectivity index is 1.51. The number of phosphoric ester groups is 1. The molecule has 7 amide bonds. The first-order valence-corrected chi connectivity index (χ1v) is 29.4. The number of ether oxygens (including phenoxy) is 2. The molecule has 2 heterocycles. The molecule has 1 aromatic carbocycles. The van der Waals surface area contributed by atoms with Crippen molar-refractivity contribution in [2.45, 2.75) is 192 Å². The number of benzene rings is 1. The number of carbonyl (C=O) groups excluding carboxylic acids is 7. The van der Waals surface area contributed by atoms with Crippen molar-refractivity contribution >= 4 is 61.8 Å². The summed E-state index contributed by atoms with van der Waals surface area (Å²) in [6.07, 6.45) is 9.71. The highest BCUT2D eigenvalue weighted by Gasteiger charge is 2.38. The van der Waals surface area contributed by atoms with Crippen LogP contribution >= 0.6 is 20.5 Å². The van der Waals surface area contributed by atoms with Crippen LogP contribution in [0.1, 0.15) is 137 Å². The van der Waals surface area contributed by atoms with E-state index in [4.69, 9.17) is 30.0 Å². The lowest BCUT2D eigenvalue weighted by Crippen LogP contribution is -2.59. The topological polar surface area (TPSA) is 338 Å². The maximum absolute atomic E-state index is 14.1. The smallest absolute Gasteiger partial charge is 0.378 e. The molecule has 0 aliphatic carbocycles. The molecule has 2 aromatic rings. The molecule has 78 heavy (non-hydrogen) atoms. The fourth-order valence-corrected chi connectivity index (χ4v) is 9.73. The zero-order valence-corrected chi connectivity index (χ0v) is 48.5. The number of hydrogen-bond acceptors (Lipinski definition) is 15. The predicted octanol–water partition coefficient (Wildman–Crippen LogP) is 3.28. The van der Waals surface area contributed by atoms with Crippen LogP contribution in [0.2, 0.25) is 0 Å². The van der Waals surface area contributed by atoms with Crippen molar-refractivity contribution in [1.29, 1.82) is 0 Å². The second-order valence-electron chi connectivity index (χ2n) is 21.0. The number of rotatable bonds is 39. The van der Waals surface area contributed by atoms with Gasteiger partial charge in [0.2, 0.25) is 41.4 Å². The van der Waals surface area contributed by atoms with E-state index in [1.165, 1.54) is 36.8 Å². The molecule has 1 fully saturated rings. The van der Waals surface area contributed by atoms with Gasteiger partial charge >= 0.3 is 7.82 Å². The Morgan fingerprint density at radius 1 is 0.885 bits per heavy atom. The van der Waals surface area contributed by atoms with Crippen LogP contribution < -0.4 is 38.1 Å². The van der Waals surface area contributed by atoms with Crippen molar-refractivity contribution < 1.29 is 61.5 Å². The fraction of sp³-hybridized carbons (Fsp3) is 0.698. The van der Waals surface area contributed by atoms with Crippen LogP contribution in [0.15, 0.2) is 42.9 Å². The number of thiol groups is 1. The summed E-state index contributed by atoms with van der Waals surface area (Å²) in [5.74, 6) is -4.39. The highest BCUT2D eigenvalue weighted by Crippen LogP contribution is 2.45. The number of primary amides is 1. The molecule has 23 nitrogen and oxygen atoms in total. The molecule has 25 heteroatoms. The van der Waals surface area contributed by atoms with Crippen LogP contribution in [0.25, 0.3) is 0 Å². The number of aromatic amines is 1. The average molecular weight is 1140 g/mol. The third-order valence-electron chi connectivity index (χ3n) is 13.2. The number of hydrogen-bond donors (Lipinski definition) is 10. The summed E-state index contributed by atoms with van der Waals surface area (Å²) in [7, 11) is -4.69. The van der Waals surface area contributed by atoms with Gasteiger partial charge in [-0.2, -0.15) is 12.6 Å².